The SMILES string of the molecule is N#Cc1ccc(N2CCCN2C(=O)c2cccc(C(F)(F)F)c2)c2ccccc12. The minimum Gasteiger partial charge on any atom is -0.282 e. The summed E-state index contributed by atoms with van der Waals surface area (Å²) in [6.07, 6.45) is -3.82. The number of nitriles is 1. The monoisotopic (exact) mass is 395 g/mol. The smallest absolute Gasteiger partial charge is 0.282 e. The van der Waals surface area contributed by atoms with E-state index in [2.05, 4.69) is 6.07 Å². The fourth-order valence-electron chi connectivity index (χ4n) is 3.66. The number of carbonyl (C=O) groups is 1. The van der Waals surface area contributed by atoms with Crippen molar-refractivity contribution in [1.82, 2.24) is 5.01 Å². The number of fused-ring (bicyclic) bond motifs is 1. The van der Waals surface area contributed by atoms with Gasteiger partial charge in [-0.3, -0.25) is 9.80 Å². The molecule has 3 aromatic carbocycles. The highest BCUT2D eigenvalue weighted by atomic mass is 19.4. The molecular weight excluding hydrogens is 379 g/mol. The molecule has 0 bridgehead atoms. The van der Waals surface area contributed by atoms with E-state index in [1.54, 1.807) is 17.1 Å². The first kappa shape index (κ1) is 18.8. The molecule has 0 atom stereocenters. The first-order chi connectivity index (χ1) is 13.9. The normalized spacial score (nSPS) is 14.3. The Kier molecular flexibility index (Phi) is 4.63. The Balaban J connectivity index is 1.74. The Labute approximate surface area is 165 Å². The third-order valence-corrected chi connectivity index (χ3v) is 5.00. The number of hydrogen-bond donors (Lipinski definition) is 0. The number of hydrazine groups is 1. The Morgan fingerprint density at radius 2 is 1.72 bits per heavy atom. The second kappa shape index (κ2) is 7.13. The van der Waals surface area contributed by atoms with E-state index >= 15 is 0 Å². The predicted octanol–water partition coefficient (Wildman–Crippen LogP) is 5.00. The molecule has 0 aromatic heterocycles. The molecule has 0 spiro atoms. The van der Waals surface area contributed by atoms with Crippen LogP contribution in [0, 0.1) is 11.3 Å². The van der Waals surface area contributed by atoms with E-state index in [1.807, 2.05) is 24.3 Å². The van der Waals surface area contributed by atoms with Gasteiger partial charge in [0.2, 0.25) is 0 Å². The van der Waals surface area contributed by atoms with Gasteiger partial charge in [-0.2, -0.15) is 18.4 Å². The maximum absolute atomic E-state index is 13.0. The Morgan fingerprint density at radius 3 is 2.45 bits per heavy atom. The number of rotatable bonds is 2. The fourth-order valence-corrected chi connectivity index (χ4v) is 3.66. The van der Waals surface area contributed by atoms with Crippen molar-refractivity contribution in [3.63, 3.8) is 0 Å². The number of benzene rings is 3. The lowest BCUT2D eigenvalue weighted by molar-refractivity contribution is -0.137. The number of carbonyl (C=O) groups excluding carboxylic acids is 1. The number of anilines is 1. The van der Waals surface area contributed by atoms with Gasteiger partial charge >= 0.3 is 6.18 Å². The van der Waals surface area contributed by atoms with Gasteiger partial charge in [0.05, 0.1) is 22.9 Å². The number of alkyl halides is 3. The molecule has 0 saturated carbocycles. The van der Waals surface area contributed by atoms with E-state index in [0.717, 1.165) is 28.6 Å². The molecule has 1 amide bonds. The van der Waals surface area contributed by atoms with Crippen molar-refractivity contribution >= 4 is 22.4 Å². The van der Waals surface area contributed by atoms with Gasteiger partial charge in [0.25, 0.3) is 5.91 Å². The van der Waals surface area contributed by atoms with E-state index in [0.29, 0.717) is 25.1 Å². The van der Waals surface area contributed by atoms with Crippen molar-refractivity contribution < 1.29 is 18.0 Å². The first-order valence-electron chi connectivity index (χ1n) is 9.08. The Hall–Kier alpha value is -3.53. The van der Waals surface area contributed by atoms with Gasteiger partial charge in [-0.15, -0.1) is 0 Å². The molecule has 1 heterocycles. The summed E-state index contributed by atoms with van der Waals surface area (Å²) in [5.74, 6) is -0.484. The topological polar surface area (TPSA) is 47.3 Å². The maximum atomic E-state index is 13.0. The summed E-state index contributed by atoms with van der Waals surface area (Å²) in [5, 5.41) is 14.2. The molecule has 1 aliphatic heterocycles. The Bertz CT molecular complexity index is 1130. The lowest BCUT2D eigenvalue weighted by atomic mass is 10.0. The molecule has 1 saturated heterocycles. The highest BCUT2D eigenvalue weighted by Crippen LogP contribution is 2.34. The van der Waals surface area contributed by atoms with Crippen LogP contribution in [0.15, 0.2) is 60.7 Å². The zero-order chi connectivity index (χ0) is 20.6. The van der Waals surface area contributed by atoms with Gasteiger partial charge in [0.15, 0.2) is 0 Å². The summed E-state index contributed by atoms with van der Waals surface area (Å²) in [6, 6.07) is 17.5. The minimum absolute atomic E-state index is 0.00956. The van der Waals surface area contributed by atoms with Crippen molar-refractivity contribution in [2.24, 2.45) is 0 Å². The predicted molar refractivity (Wildman–Crippen MR) is 103 cm³/mol. The van der Waals surface area contributed by atoms with E-state index < -0.39 is 17.6 Å². The van der Waals surface area contributed by atoms with Crippen LogP contribution < -0.4 is 5.01 Å². The lowest BCUT2D eigenvalue weighted by Gasteiger charge is -2.31. The van der Waals surface area contributed by atoms with E-state index in [4.69, 9.17) is 0 Å². The molecular formula is C22H16F3N3O. The summed E-state index contributed by atoms with van der Waals surface area (Å²) in [5.41, 5.74) is 0.416. The van der Waals surface area contributed by atoms with Gasteiger partial charge in [-0.25, -0.2) is 5.01 Å². The van der Waals surface area contributed by atoms with Gasteiger partial charge in [-0.05, 0) is 36.8 Å². The highest BCUT2D eigenvalue weighted by molar-refractivity contribution is 6.00. The molecule has 146 valence electrons. The zero-order valence-corrected chi connectivity index (χ0v) is 15.3. The number of nitrogens with zero attached hydrogens (tertiary/aromatic N) is 3. The summed E-state index contributed by atoms with van der Waals surface area (Å²) in [4.78, 5) is 13.0. The van der Waals surface area contributed by atoms with E-state index in [9.17, 15) is 23.2 Å². The molecule has 4 rings (SSSR count). The van der Waals surface area contributed by atoms with Crippen LogP contribution in [0.25, 0.3) is 10.8 Å². The molecule has 4 nitrogen and oxygen atoms in total. The van der Waals surface area contributed by atoms with Crippen LogP contribution in [0.1, 0.15) is 27.9 Å². The quantitative estimate of drug-likeness (QED) is 0.614. The molecule has 1 aliphatic rings. The van der Waals surface area contributed by atoms with Gasteiger partial charge in [0.1, 0.15) is 0 Å². The third-order valence-electron chi connectivity index (χ3n) is 5.00. The van der Waals surface area contributed by atoms with Crippen LogP contribution in [0.5, 0.6) is 0 Å². The minimum atomic E-state index is -4.51. The van der Waals surface area contributed by atoms with Crippen molar-refractivity contribution in [3.05, 3.63) is 77.4 Å². The Morgan fingerprint density at radius 1 is 0.966 bits per heavy atom. The average Bonchev–Trinajstić information content (AvgIpc) is 3.21. The van der Waals surface area contributed by atoms with Crippen molar-refractivity contribution in [2.45, 2.75) is 12.6 Å². The summed E-state index contributed by atoms with van der Waals surface area (Å²) < 4.78 is 39.1. The average molecular weight is 395 g/mol. The van der Waals surface area contributed by atoms with Gasteiger partial charge < -0.3 is 0 Å². The van der Waals surface area contributed by atoms with E-state index in [1.165, 1.54) is 17.1 Å². The lowest BCUT2D eigenvalue weighted by Crippen LogP contribution is -2.41. The molecule has 0 radical (unpaired) electrons. The molecule has 29 heavy (non-hydrogen) atoms. The number of halogens is 3. The number of amides is 1. The summed E-state index contributed by atoms with van der Waals surface area (Å²) in [6.45, 7) is 0.962. The van der Waals surface area contributed by atoms with Crippen LogP contribution >= 0.6 is 0 Å². The second-order valence-corrected chi connectivity index (χ2v) is 6.77. The van der Waals surface area contributed by atoms with Crippen molar-refractivity contribution in [2.75, 3.05) is 18.1 Å². The largest absolute Gasteiger partial charge is 0.416 e. The fraction of sp³-hybridized carbons (Fsp3) is 0.182. The molecule has 7 heteroatoms. The zero-order valence-electron chi connectivity index (χ0n) is 15.3. The van der Waals surface area contributed by atoms with Crippen LogP contribution in [0.3, 0.4) is 0 Å². The summed E-state index contributed by atoms with van der Waals surface area (Å²) >= 11 is 0. The maximum Gasteiger partial charge on any atom is 0.416 e. The molecule has 0 aliphatic carbocycles. The van der Waals surface area contributed by atoms with Gasteiger partial charge in [-0.1, -0.05) is 30.3 Å². The highest BCUT2D eigenvalue weighted by Gasteiger charge is 2.33. The van der Waals surface area contributed by atoms with Crippen molar-refractivity contribution in [3.8, 4) is 6.07 Å². The van der Waals surface area contributed by atoms with Crippen LogP contribution in [-0.2, 0) is 6.18 Å². The summed E-state index contributed by atoms with van der Waals surface area (Å²) in [7, 11) is 0. The van der Waals surface area contributed by atoms with Gasteiger partial charge in [0, 0.05) is 29.4 Å². The molecule has 1 fully saturated rings. The van der Waals surface area contributed by atoms with Crippen molar-refractivity contribution in [1.29, 1.82) is 5.26 Å². The number of hydrogen-bond acceptors (Lipinski definition) is 3. The van der Waals surface area contributed by atoms with Crippen LogP contribution in [0.4, 0.5) is 18.9 Å². The first-order valence-corrected chi connectivity index (χ1v) is 9.08. The molecule has 3 aromatic rings. The van der Waals surface area contributed by atoms with Crippen LogP contribution in [-0.4, -0.2) is 24.0 Å². The standard InChI is InChI=1S/C22H16F3N3O/c23-22(24,25)17-6-3-5-15(13-17)21(29)28-12-4-11-27(28)20-10-9-16(14-26)18-7-1-2-8-19(18)20/h1-3,5-10,13H,4,11-12H2. The second-order valence-electron chi connectivity index (χ2n) is 6.77. The molecule has 0 N–H and O–H groups in total. The van der Waals surface area contributed by atoms with E-state index in [-0.39, 0.29) is 5.56 Å². The van der Waals surface area contributed by atoms with Crippen LogP contribution in [0.2, 0.25) is 0 Å². The third kappa shape index (κ3) is 3.38. The molecule has 0 unspecified atom stereocenters.